The van der Waals surface area contributed by atoms with Crippen molar-refractivity contribution < 1.29 is 24.1 Å². The number of hydrogen-bond donors (Lipinski definition) is 2. The Morgan fingerprint density at radius 2 is 2.06 bits per heavy atom. The van der Waals surface area contributed by atoms with Crippen molar-refractivity contribution in [2.24, 2.45) is 0 Å². The predicted octanol–water partition coefficient (Wildman–Crippen LogP) is 3.31. The average molecular weight is 485 g/mol. The number of rotatable bonds is 5. The number of thioether (sulfide) groups is 1. The Morgan fingerprint density at radius 1 is 1.29 bits per heavy atom. The van der Waals surface area contributed by atoms with Crippen molar-refractivity contribution in [1.82, 2.24) is 9.55 Å². The Bertz CT molecular complexity index is 1420. The molecule has 0 unspecified atom stereocenters. The molecule has 0 bridgehead atoms. The van der Waals surface area contributed by atoms with Crippen LogP contribution in [0.5, 0.6) is 0 Å². The van der Waals surface area contributed by atoms with Gasteiger partial charge in [-0.1, -0.05) is 6.92 Å². The summed E-state index contributed by atoms with van der Waals surface area (Å²) in [6, 6.07) is 4.84. The zero-order chi connectivity index (χ0) is 24.4. The third-order valence-electron chi connectivity index (χ3n) is 6.88. The van der Waals surface area contributed by atoms with Crippen LogP contribution in [0.15, 0.2) is 23.0 Å². The van der Waals surface area contributed by atoms with Gasteiger partial charge in [-0.25, -0.2) is 14.2 Å². The number of fused-ring (bicyclic) bond motifs is 5. The molecule has 0 saturated heterocycles. The first kappa shape index (κ1) is 23.0. The minimum atomic E-state index is -1.90. The molecule has 0 radical (unpaired) electrons. The minimum absolute atomic E-state index is 0.0316. The Balaban J connectivity index is 1.81. The summed E-state index contributed by atoms with van der Waals surface area (Å²) in [5.41, 5.74) is 2.06. The molecule has 0 amide bonds. The Morgan fingerprint density at radius 3 is 2.76 bits per heavy atom. The number of halogens is 1. The van der Waals surface area contributed by atoms with Gasteiger partial charge in [0.25, 0.3) is 5.56 Å². The van der Waals surface area contributed by atoms with Crippen LogP contribution in [0.25, 0.3) is 22.3 Å². The van der Waals surface area contributed by atoms with E-state index in [0.717, 1.165) is 16.5 Å². The smallest absolute Gasteiger partial charge is 0.343 e. The van der Waals surface area contributed by atoms with Gasteiger partial charge < -0.3 is 19.5 Å². The number of esters is 1. The molecule has 3 aromatic rings. The normalized spacial score (nSPS) is 19.5. The molecule has 9 heteroatoms. The van der Waals surface area contributed by atoms with E-state index >= 15 is 0 Å². The number of ether oxygens (including phenoxy) is 1. The molecule has 0 fully saturated rings. The second kappa shape index (κ2) is 8.18. The van der Waals surface area contributed by atoms with Crippen molar-refractivity contribution in [3.63, 3.8) is 0 Å². The third kappa shape index (κ3) is 3.21. The van der Waals surface area contributed by atoms with E-state index < -0.39 is 11.6 Å². The fraction of sp³-hybridized carbons (Fsp3) is 0.400. The highest BCUT2D eigenvalue weighted by atomic mass is 32.2. The van der Waals surface area contributed by atoms with Crippen molar-refractivity contribution in [3.8, 4) is 11.4 Å². The van der Waals surface area contributed by atoms with E-state index in [0.29, 0.717) is 28.2 Å². The number of aliphatic hydroxyl groups excluding tert-OH is 1. The highest BCUT2D eigenvalue weighted by molar-refractivity contribution is 7.99. The predicted molar refractivity (Wildman–Crippen MR) is 127 cm³/mol. The van der Waals surface area contributed by atoms with Gasteiger partial charge in [-0.15, -0.1) is 0 Å². The minimum Gasteiger partial charge on any atom is -0.458 e. The van der Waals surface area contributed by atoms with Gasteiger partial charge in [0.2, 0.25) is 0 Å². The number of hydrogen-bond acceptors (Lipinski definition) is 7. The molecule has 1 aromatic carbocycles. The molecule has 2 aliphatic heterocycles. The van der Waals surface area contributed by atoms with Gasteiger partial charge in [0.1, 0.15) is 12.4 Å². The standard InChI is InChI=1S/C25H25FN2O5S/c1-4-25(32)17-8-20-22-15(10-28(20)23(30)16(17)11-33-24(25)31)21(13(3)34-6-5-29)14-7-12(2)18(26)9-19(14)27-22/h7-9,13,29,32H,4-6,10-11H2,1-3H3/t13-,25+/m1/s1. The first-order valence-corrected chi connectivity index (χ1v) is 12.3. The van der Waals surface area contributed by atoms with Crippen LogP contribution >= 0.6 is 11.8 Å². The van der Waals surface area contributed by atoms with Crippen LogP contribution in [0.3, 0.4) is 0 Å². The lowest BCUT2D eigenvalue weighted by Gasteiger charge is -2.31. The maximum atomic E-state index is 14.5. The number of aliphatic hydroxyl groups is 2. The first-order chi connectivity index (χ1) is 16.2. The van der Waals surface area contributed by atoms with Crippen molar-refractivity contribution in [2.75, 3.05) is 12.4 Å². The van der Waals surface area contributed by atoms with E-state index in [-0.39, 0.29) is 53.9 Å². The van der Waals surface area contributed by atoms with Crippen LogP contribution in [0.2, 0.25) is 0 Å². The van der Waals surface area contributed by atoms with Gasteiger partial charge in [-0.05, 0) is 43.5 Å². The van der Waals surface area contributed by atoms with Crippen LogP contribution in [0, 0.1) is 12.7 Å². The van der Waals surface area contributed by atoms with Gasteiger partial charge in [-0.2, -0.15) is 11.8 Å². The summed E-state index contributed by atoms with van der Waals surface area (Å²) >= 11 is 1.57. The van der Waals surface area contributed by atoms with Crippen LogP contribution < -0.4 is 5.56 Å². The molecule has 4 heterocycles. The fourth-order valence-electron chi connectivity index (χ4n) is 5.02. The molecule has 0 spiro atoms. The summed E-state index contributed by atoms with van der Waals surface area (Å²) < 4.78 is 21.2. The van der Waals surface area contributed by atoms with E-state index in [1.54, 1.807) is 42.3 Å². The molecule has 34 heavy (non-hydrogen) atoms. The van der Waals surface area contributed by atoms with Crippen LogP contribution in [-0.2, 0) is 28.3 Å². The summed E-state index contributed by atoms with van der Waals surface area (Å²) in [7, 11) is 0. The van der Waals surface area contributed by atoms with Gasteiger partial charge in [0.05, 0.1) is 35.6 Å². The fourth-order valence-corrected chi connectivity index (χ4v) is 5.91. The van der Waals surface area contributed by atoms with Gasteiger partial charge in [-0.3, -0.25) is 4.79 Å². The lowest BCUT2D eigenvalue weighted by Crippen LogP contribution is -2.44. The molecule has 2 aromatic heterocycles. The molecule has 2 atom stereocenters. The topological polar surface area (TPSA) is 102 Å². The van der Waals surface area contributed by atoms with Crippen molar-refractivity contribution in [3.05, 3.63) is 62.2 Å². The van der Waals surface area contributed by atoms with Crippen LogP contribution in [0.1, 0.15) is 53.3 Å². The van der Waals surface area contributed by atoms with E-state index in [9.17, 15) is 24.2 Å². The molecule has 2 N–H and O–H groups in total. The summed E-state index contributed by atoms with van der Waals surface area (Å²) in [5.74, 6) is -0.612. The van der Waals surface area contributed by atoms with E-state index in [2.05, 4.69) is 0 Å². The monoisotopic (exact) mass is 484 g/mol. The molecule has 5 rings (SSSR count). The highest BCUT2D eigenvalue weighted by Gasteiger charge is 2.45. The van der Waals surface area contributed by atoms with E-state index in [4.69, 9.17) is 9.72 Å². The van der Waals surface area contributed by atoms with Gasteiger partial charge in [0, 0.05) is 33.6 Å². The third-order valence-corrected chi connectivity index (χ3v) is 8.03. The second-order valence-electron chi connectivity index (χ2n) is 8.81. The summed E-state index contributed by atoms with van der Waals surface area (Å²) in [5, 5.41) is 21.2. The summed E-state index contributed by atoms with van der Waals surface area (Å²) in [6.07, 6.45) is 0.0598. The highest BCUT2D eigenvalue weighted by Crippen LogP contribution is 2.44. The average Bonchev–Trinajstić information content (AvgIpc) is 3.18. The van der Waals surface area contributed by atoms with E-state index in [1.165, 1.54) is 6.07 Å². The number of cyclic esters (lactones) is 1. The number of aryl methyl sites for hydroxylation is 1. The number of pyridine rings is 2. The number of aromatic nitrogens is 2. The zero-order valence-electron chi connectivity index (χ0n) is 19.1. The van der Waals surface area contributed by atoms with Crippen molar-refractivity contribution in [2.45, 2.75) is 51.2 Å². The molecular formula is C25H25FN2O5S. The maximum absolute atomic E-state index is 14.5. The molecule has 0 aliphatic carbocycles. The number of nitrogens with zero attached hydrogens (tertiary/aromatic N) is 2. The first-order valence-electron chi connectivity index (χ1n) is 11.2. The maximum Gasteiger partial charge on any atom is 0.343 e. The van der Waals surface area contributed by atoms with Crippen LogP contribution in [0.4, 0.5) is 4.39 Å². The van der Waals surface area contributed by atoms with Gasteiger partial charge in [0.15, 0.2) is 5.60 Å². The molecule has 0 saturated carbocycles. The summed E-state index contributed by atoms with van der Waals surface area (Å²) in [4.78, 5) is 30.6. The Kier molecular flexibility index (Phi) is 5.54. The molecule has 2 aliphatic rings. The number of carbonyl (C=O) groups is 1. The number of carbonyl (C=O) groups excluding carboxylic acids is 1. The molecular weight excluding hydrogens is 459 g/mol. The lowest BCUT2D eigenvalue weighted by atomic mass is 9.86. The second-order valence-corrected chi connectivity index (χ2v) is 10.3. The Labute approximate surface area is 199 Å². The van der Waals surface area contributed by atoms with Crippen molar-refractivity contribution in [1.29, 1.82) is 0 Å². The zero-order valence-corrected chi connectivity index (χ0v) is 20.0. The quantitative estimate of drug-likeness (QED) is 0.419. The van der Waals surface area contributed by atoms with Crippen LogP contribution in [-0.4, -0.2) is 38.1 Å². The van der Waals surface area contributed by atoms with E-state index in [1.807, 2.05) is 6.92 Å². The number of benzene rings is 1. The largest absolute Gasteiger partial charge is 0.458 e. The lowest BCUT2D eigenvalue weighted by molar-refractivity contribution is -0.172. The molecule has 178 valence electrons. The van der Waals surface area contributed by atoms with Gasteiger partial charge >= 0.3 is 5.97 Å². The molecule has 7 nitrogen and oxygen atoms in total. The SMILES string of the molecule is CC[C@@]1(O)C(=O)OCc2c1cc1n(c2=O)Cc2c-1nc1cc(F)c(C)cc1c2[C@@H](C)SCCO. The van der Waals surface area contributed by atoms with Crippen molar-refractivity contribution >= 4 is 28.6 Å². The Hall–Kier alpha value is -2.75. The summed E-state index contributed by atoms with van der Waals surface area (Å²) in [6.45, 7) is 5.49.